The molecule has 2 nitrogen and oxygen atoms in total. The minimum absolute atomic E-state index is 0.292. The number of hydrogen-bond acceptors (Lipinski definition) is 2. The molecule has 0 saturated carbocycles. The van der Waals surface area contributed by atoms with Gasteiger partial charge in [0.15, 0.2) is 0 Å². The van der Waals surface area contributed by atoms with E-state index in [-0.39, 0.29) is 0 Å². The van der Waals surface area contributed by atoms with Gasteiger partial charge < -0.3 is 0 Å². The first-order valence-corrected chi connectivity index (χ1v) is 5.34. The van der Waals surface area contributed by atoms with E-state index < -0.39 is 10.5 Å². The van der Waals surface area contributed by atoms with Gasteiger partial charge >= 0.3 is 0 Å². The number of rotatable bonds is 4. The third kappa shape index (κ3) is 3.05. The summed E-state index contributed by atoms with van der Waals surface area (Å²) in [4.78, 5) is 22.0. The summed E-state index contributed by atoms with van der Waals surface area (Å²) in [6.45, 7) is 2.00. The lowest BCUT2D eigenvalue weighted by Gasteiger charge is -2.05. The van der Waals surface area contributed by atoms with Crippen LogP contribution in [0.3, 0.4) is 0 Å². The Morgan fingerprint density at radius 3 is 2.33 bits per heavy atom. The first kappa shape index (κ1) is 12.2. The second kappa shape index (κ2) is 5.29. The van der Waals surface area contributed by atoms with Crippen molar-refractivity contribution < 1.29 is 9.59 Å². The van der Waals surface area contributed by atoms with E-state index in [0.29, 0.717) is 11.1 Å². The van der Waals surface area contributed by atoms with Crippen molar-refractivity contribution in [1.82, 2.24) is 0 Å². The summed E-state index contributed by atoms with van der Waals surface area (Å²) in [7, 11) is 0. The molecule has 0 atom stereocenters. The number of carbonyl (C=O) groups excluding carboxylic acids is 2. The van der Waals surface area contributed by atoms with Crippen LogP contribution in [0.15, 0.2) is 18.2 Å². The predicted octanol–water partition coefficient (Wildman–Crippen LogP) is 3.40. The second-order valence-electron chi connectivity index (χ2n) is 3.17. The largest absolute Gasteiger partial charge is 0.276 e. The van der Waals surface area contributed by atoms with E-state index in [4.69, 9.17) is 23.2 Å². The fourth-order valence-electron chi connectivity index (χ4n) is 1.37. The lowest BCUT2D eigenvalue weighted by Crippen LogP contribution is -2.00. The molecule has 0 bridgehead atoms. The van der Waals surface area contributed by atoms with Crippen LogP contribution in [-0.4, -0.2) is 10.5 Å². The van der Waals surface area contributed by atoms with Crippen molar-refractivity contribution in [2.45, 2.75) is 19.8 Å². The summed E-state index contributed by atoms with van der Waals surface area (Å²) in [5.41, 5.74) is 1.50. The van der Waals surface area contributed by atoms with Crippen LogP contribution in [0.25, 0.3) is 0 Å². The van der Waals surface area contributed by atoms with Gasteiger partial charge in [0, 0.05) is 11.1 Å². The number of hydrogen-bond donors (Lipinski definition) is 0. The molecule has 0 heterocycles. The predicted molar refractivity (Wildman–Crippen MR) is 60.8 cm³/mol. The van der Waals surface area contributed by atoms with E-state index in [9.17, 15) is 9.59 Å². The average Bonchev–Trinajstić information content (AvgIpc) is 2.18. The molecule has 80 valence electrons. The molecule has 1 aromatic carbocycles. The van der Waals surface area contributed by atoms with Gasteiger partial charge in [-0.2, -0.15) is 0 Å². The van der Waals surface area contributed by atoms with Crippen molar-refractivity contribution in [3.05, 3.63) is 34.9 Å². The Morgan fingerprint density at radius 2 is 1.87 bits per heavy atom. The van der Waals surface area contributed by atoms with Gasteiger partial charge in [-0.3, -0.25) is 9.59 Å². The molecule has 15 heavy (non-hydrogen) atoms. The van der Waals surface area contributed by atoms with Crippen LogP contribution in [0.4, 0.5) is 0 Å². The standard InChI is InChI=1S/C11H10Cl2O2/c1-2-3-7-4-5-8(10(12)14)6-9(7)11(13)15/h4-6H,2-3H2,1H3. The number of benzene rings is 1. The van der Waals surface area contributed by atoms with Crippen LogP contribution in [0.2, 0.25) is 0 Å². The van der Waals surface area contributed by atoms with Gasteiger partial charge in [-0.15, -0.1) is 0 Å². The molecule has 0 N–H and O–H groups in total. The van der Waals surface area contributed by atoms with Crippen molar-refractivity contribution >= 4 is 33.7 Å². The Balaban J connectivity index is 3.20. The first-order valence-electron chi connectivity index (χ1n) is 4.58. The SMILES string of the molecule is CCCc1ccc(C(=O)Cl)cc1C(=O)Cl. The molecule has 0 aliphatic heterocycles. The molecule has 0 aromatic heterocycles. The van der Waals surface area contributed by atoms with E-state index in [2.05, 4.69) is 0 Å². The maximum Gasteiger partial charge on any atom is 0.252 e. The summed E-state index contributed by atoms with van der Waals surface area (Å²) in [5.74, 6) is 0. The van der Waals surface area contributed by atoms with Crippen LogP contribution >= 0.6 is 23.2 Å². The summed E-state index contributed by atoms with van der Waals surface area (Å²) in [6.07, 6.45) is 1.66. The maximum atomic E-state index is 11.1. The molecule has 0 saturated heterocycles. The lowest BCUT2D eigenvalue weighted by atomic mass is 10.0. The highest BCUT2D eigenvalue weighted by atomic mass is 35.5. The zero-order chi connectivity index (χ0) is 11.4. The average molecular weight is 245 g/mol. The summed E-state index contributed by atoms with van der Waals surface area (Å²) in [6, 6.07) is 4.76. The molecule has 0 aliphatic rings. The van der Waals surface area contributed by atoms with Crippen molar-refractivity contribution in [3.8, 4) is 0 Å². The van der Waals surface area contributed by atoms with Gasteiger partial charge in [0.25, 0.3) is 10.5 Å². The third-order valence-corrected chi connectivity index (χ3v) is 2.49. The van der Waals surface area contributed by atoms with Gasteiger partial charge in [0.1, 0.15) is 0 Å². The molecule has 0 fully saturated rings. The fraction of sp³-hybridized carbons (Fsp3) is 0.273. The monoisotopic (exact) mass is 244 g/mol. The highest BCUT2D eigenvalue weighted by molar-refractivity contribution is 6.69. The van der Waals surface area contributed by atoms with Crippen LogP contribution in [0.5, 0.6) is 0 Å². The fourth-order valence-corrected chi connectivity index (χ4v) is 1.66. The molecular formula is C11H10Cl2O2. The minimum atomic E-state index is -0.586. The highest BCUT2D eigenvalue weighted by Gasteiger charge is 2.11. The van der Waals surface area contributed by atoms with Crippen LogP contribution in [-0.2, 0) is 6.42 Å². The normalized spacial score (nSPS) is 10.1. The van der Waals surface area contributed by atoms with E-state index in [1.54, 1.807) is 12.1 Å². The van der Waals surface area contributed by atoms with E-state index in [1.807, 2.05) is 6.92 Å². The van der Waals surface area contributed by atoms with Crippen LogP contribution in [0.1, 0.15) is 39.6 Å². The molecule has 0 aliphatic carbocycles. The quantitative estimate of drug-likeness (QED) is 0.762. The van der Waals surface area contributed by atoms with Gasteiger partial charge in [-0.05, 0) is 47.3 Å². The lowest BCUT2D eigenvalue weighted by molar-refractivity contribution is 0.107. The zero-order valence-electron chi connectivity index (χ0n) is 8.22. The maximum absolute atomic E-state index is 11.1. The molecular weight excluding hydrogens is 235 g/mol. The molecule has 1 aromatic rings. The van der Waals surface area contributed by atoms with Crippen molar-refractivity contribution in [2.75, 3.05) is 0 Å². The smallest absolute Gasteiger partial charge is 0.252 e. The van der Waals surface area contributed by atoms with E-state index >= 15 is 0 Å². The van der Waals surface area contributed by atoms with Crippen molar-refractivity contribution in [1.29, 1.82) is 0 Å². The van der Waals surface area contributed by atoms with Gasteiger partial charge in [0.2, 0.25) is 0 Å². The van der Waals surface area contributed by atoms with Crippen LogP contribution in [0, 0.1) is 0 Å². The first-order chi connectivity index (χ1) is 7.06. The Hall–Kier alpha value is -0.860. The molecule has 0 unspecified atom stereocenters. The summed E-state index contributed by atoms with van der Waals surface area (Å²) >= 11 is 10.7. The highest BCUT2D eigenvalue weighted by Crippen LogP contribution is 2.17. The van der Waals surface area contributed by atoms with Gasteiger partial charge in [-0.25, -0.2) is 0 Å². The Labute approximate surface area is 98.2 Å². The number of aryl methyl sites for hydroxylation is 1. The van der Waals surface area contributed by atoms with Gasteiger partial charge in [0.05, 0.1) is 0 Å². The zero-order valence-corrected chi connectivity index (χ0v) is 9.73. The van der Waals surface area contributed by atoms with Crippen molar-refractivity contribution in [2.24, 2.45) is 0 Å². The van der Waals surface area contributed by atoms with E-state index in [1.165, 1.54) is 6.07 Å². The Morgan fingerprint density at radius 1 is 1.20 bits per heavy atom. The molecule has 0 radical (unpaired) electrons. The van der Waals surface area contributed by atoms with Crippen LogP contribution < -0.4 is 0 Å². The summed E-state index contributed by atoms with van der Waals surface area (Å²) in [5, 5.41) is -1.14. The third-order valence-electron chi connectivity index (χ3n) is 2.07. The molecule has 0 spiro atoms. The Bertz CT molecular complexity index is 400. The van der Waals surface area contributed by atoms with Crippen molar-refractivity contribution in [3.63, 3.8) is 0 Å². The minimum Gasteiger partial charge on any atom is -0.276 e. The molecule has 1 rings (SSSR count). The number of carbonyl (C=O) groups is 2. The topological polar surface area (TPSA) is 34.1 Å². The molecule has 0 amide bonds. The number of halogens is 2. The Kier molecular flexibility index (Phi) is 4.30. The van der Waals surface area contributed by atoms with E-state index in [0.717, 1.165) is 18.4 Å². The molecule has 4 heteroatoms. The second-order valence-corrected chi connectivity index (χ2v) is 3.86. The van der Waals surface area contributed by atoms with Gasteiger partial charge in [-0.1, -0.05) is 19.4 Å². The summed E-state index contributed by atoms with van der Waals surface area (Å²) < 4.78 is 0.